The number of hydrogen-bond acceptors (Lipinski definition) is 3. The van der Waals surface area contributed by atoms with E-state index in [2.05, 4.69) is 46.8 Å². The van der Waals surface area contributed by atoms with Gasteiger partial charge < -0.3 is 9.47 Å². The predicted octanol–water partition coefficient (Wildman–Crippen LogP) is 2.82. The summed E-state index contributed by atoms with van der Waals surface area (Å²) in [6, 6.07) is 0. The van der Waals surface area contributed by atoms with E-state index in [1.807, 2.05) is 6.92 Å². The minimum absolute atomic E-state index is 0.836. The van der Waals surface area contributed by atoms with Gasteiger partial charge in [0.25, 0.3) is 0 Å². The summed E-state index contributed by atoms with van der Waals surface area (Å²) in [5, 5.41) is 11.4. The zero-order chi connectivity index (χ0) is 13.6. The van der Waals surface area contributed by atoms with Crippen molar-refractivity contribution in [3.05, 3.63) is 17.6 Å². The summed E-state index contributed by atoms with van der Waals surface area (Å²) in [7, 11) is 2.09. The fourth-order valence-corrected chi connectivity index (χ4v) is 3.03. The second-order valence-corrected chi connectivity index (χ2v) is 5.89. The normalized spacial score (nSPS) is 17.4. The van der Waals surface area contributed by atoms with E-state index < -0.39 is 0 Å². The average Bonchev–Trinajstić information content (AvgIpc) is 2.69. The maximum Gasteiger partial charge on any atom is 0.160 e. The van der Waals surface area contributed by atoms with Gasteiger partial charge in [-0.2, -0.15) is 5.10 Å². The average molecular weight is 258 g/mol. The van der Waals surface area contributed by atoms with Gasteiger partial charge >= 0.3 is 0 Å². The molecule has 1 aliphatic heterocycles. The number of piperidine rings is 1. The lowest BCUT2D eigenvalue weighted by molar-refractivity contribution is 0.436. The van der Waals surface area contributed by atoms with E-state index in [4.69, 9.17) is 0 Å². The summed E-state index contributed by atoms with van der Waals surface area (Å²) < 4.78 is 2.18. The van der Waals surface area contributed by atoms with Crippen LogP contribution < -0.4 is 4.90 Å². The number of aryl methyl sites for hydroxylation is 3. The van der Waals surface area contributed by atoms with Crippen LogP contribution in [0.1, 0.15) is 31.2 Å². The quantitative estimate of drug-likeness (QED) is 0.788. The van der Waals surface area contributed by atoms with E-state index in [-0.39, 0.29) is 0 Å². The van der Waals surface area contributed by atoms with Crippen molar-refractivity contribution in [2.45, 2.75) is 33.6 Å². The Hall–Kier alpha value is -1.58. The Morgan fingerprint density at radius 1 is 1.16 bits per heavy atom. The van der Waals surface area contributed by atoms with Gasteiger partial charge in [-0.15, -0.1) is 5.10 Å². The lowest BCUT2D eigenvalue weighted by atomic mass is 9.99. The molecule has 0 aromatic carbocycles. The van der Waals surface area contributed by atoms with Crippen molar-refractivity contribution >= 4 is 16.6 Å². The monoisotopic (exact) mass is 258 g/mol. The molecule has 0 aliphatic carbocycles. The lowest BCUT2D eigenvalue weighted by Crippen LogP contribution is -2.33. The zero-order valence-electron chi connectivity index (χ0n) is 12.3. The molecule has 0 amide bonds. The molecule has 1 fully saturated rings. The summed E-state index contributed by atoms with van der Waals surface area (Å²) in [4.78, 5) is 2.40. The van der Waals surface area contributed by atoms with Crippen molar-refractivity contribution in [2.75, 3.05) is 18.0 Å². The smallest absolute Gasteiger partial charge is 0.160 e. The van der Waals surface area contributed by atoms with Crippen LogP contribution in [0.4, 0.5) is 5.82 Å². The molecule has 19 heavy (non-hydrogen) atoms. The van der Waals surface area contributed by atoms with Crippen LogP contribution in [0, 0.1) is 19.8 Å². The first-order valence-electron chi connectivity index (χ1n) is 7.11. The van der Waals surface area contributed by atoms with Crippen molar-refractivity contribution in [1.82, 2.24) is 14.8 Å². The molecule has 0 radical (unpaired) electrons. The molecule has 0 N–H and O–H groups in total. The first-order chi connectivity index (χ1) is 9.08. The van der Waals surface area contributed by atoms with Gasteiger partial charge in [0.2, 0.25) is 0 Å². The van der Waals surface area contributed by atoms with Crippen molar-refractivity contribution in [3.63, 3.8) is 0 Å². The van der Waals surface area contributed by atoms with Gasteiger partial charge in [0.1, 0.15) is 0 Å². The van der Waals surface area contributed by atoms with Crippen molar-refractivity contribution in [2.24, 2.45) is 13.0 Å². The fraction of sp³-hybridized carbons (Fsp3) is 0.600. The van der Waals surface area contributed by atoms with Crippen LogP contribution in [-0.4, -0.2) is 27.9 Å². The molecule has 0 unspecified atom stereocenters. The van der Waals surface area contributed by atoms with E-state index in [0.717, 1.165) is 30.5 Å². The number of aromatic nitrogens is 3. The Morgan fingerprint density at radius 3 is 2.53 bits per heavy atom. The SMILES string of the molecule is Cc1nnc(N2CCC(C)CC2)c2cn(C)c(C)c12. The highest BCUT2D eigenvalue weighted by Crippen LogP contribution is 2.31. The van der Waals surface area contributed by atoms with E-state index >= 15 is 0 Å². The number of rotatable bonds is 1. The van der Waals surface area contributed by atoms with E-state index in [9.17, 15) is 0 Å². The fourth-order valence-electron chi connectivity index (χ4n) is 3.03. The van der Waals surface area contributed by atoms with E-state index in [1.54, 1.807) is 0 Å². The van der Waals surface area contributed by atoms with E-state index in [0.29, 0.717) is 0 Å². The minimum Gasteiger partial charge on any atom is -0.355 e. The summed E-state index contributed by atoms with van der Waals surface area (Å²) >= 11 is 0. The lowest BCUT2D eigenvalue weighted by Gasteiger charge is -2.31. The number of nitrogens with zero attached hydrogens (tertiary/aromatic N) is 4. The third-order valence-corrected chi connectivity index (χ3v) is 4.46. The van der Waals surface area contributed by atoms with Crippen LogP contribution in [0.3, 0.4) is 0 Å². The molecule has 0 saturated carbocycles. The van der Waals surface area contributed by atoms with Gasteiger partial charge in [-0.3, -0.25) is 0 Å². The molecule has 1 saturated heterocycles. The molecule has 0 spiro atoms. The number of anilines is 1. The Bertz CT molecular complexity index is 606. The van der Waals surface area contributed by atoms with Gasteiger partial charge in [0.05, 0.1) is 5.69 Å². The van der Waals surface area contributed by atoms with Crippen molar-refractivity contribution in [3.8, 4) is 0 Å². The molecule has 0 bridgehead atoms. The first-order valence-corrected chi connectivity index (χ1v) is 7.11. The van der Waals surface area contributed by atoms with Gasteiger partial charge in [0, 0.05) is 42.8 Å². The molecule has 1 aliphatic rings. The predicted molar refractivity (Wildman–Crippen MR) is 78.6 cm³/mol. The van der Waals surface area contributed by atoms with E-state index in [1.165, 1.54) is 29.3 Å². The van der Waals surface area contributed by atoms with Crippen molar-refractivity contribution < 1.29 is 0 Å². The van der Waals surface area contributed by atoms with Crippen LogP contribution in [0.25, 0.3) is 10.8 Å². The number of hydrogen-bond donors (Lipinski definition) is 0. The van der Waals surface area contributed by atoms with Crippen LogP contribution in [-0.2, 0) is 7.05 Å². The Morgan fingerprint density at radius 2 is 1.84 bits per heavy atom. The second-order valence-electron chi connectivity index (χ2n) is 5.89. The maximum atomic E-state index is 4.47. The molecule has 3 rings (SSSR count). The summed E-state index contributed by atoms with van der Waals surface area (Å²) in [5.41, 5.74) is 2.30. The van der Waals surface area contributed by atoms with Crippen molar-refractivity contribution in [1.29, 1.82) is 0 Å². The standard InChI is InChI=1S/C15H22N4/c1-10-5-7-19(8-6-10)15-13-9-18(4)12(3)14(13)11(2)16-17-15/h9-10H,5-8H2,1-4H3. The zero-order valence-corrected chi connectivity index (χ0v) is 12.3. The van der Waals surface area contributed by atoms with Crippen LogP contribution in [0.5, 0.6) is 0 Å². The summed E-state index contributed by atoms with van der Waals surface area (Å²) in [5.74, 6) is 1.90. The van der Waals surface area contributed by atoms with Crippen LogP contribution in [0.2, 0.25) is 0 Å². The summed E-state index contributed by atoms with van der Waals surface area (Å²) in [6.45, 7) is 8.73. The van der Waals surface area contributed by atoms with Gasteiger partial charge in [-0.1, -0.05) is 6.92 Å². The second kappa shape index (κ2) is 4.51. The first kappa shape index (κ1) is 12.5. The molecule has 0 atom stereocenters. The Kier molecular flexibility index (Phi) is 2.96. The molecule has 2 aromatic heterocycles. The third kappa shape index (κ3) is 1.99. The van der Waals surface area contributed by atoms with Crippen LogP contribution >= 0.6 is 0 Å². The molecular weight excluding hydrogens is 236 g/mol. The van der Waals surface area contributed by atoms with Gasteiger partial charge in [-0.05, 0) is 32.6 Å². The van der Waals surface area contributed by atoms with Crippen LogP contribution in [0.15, 0.2) is 6.20 Å². The maximum absolute atomic E-state index is 4.47. The third-order valence-electron chi connectivity index (χ3n) is 4.46. The molecule has 102 valence electrons. The molecule has 4 nitrogen and oxygen atoms in total. The Balaban J connectivity index is 2.09. The largest absolute Gasteiger partial charge is 0.355 e. The molecule has 4 heteroatoms. The van der Waals surface area contributed by atoms with Gasteiger partial charge in [0.15, 0.2) is 5.82 Å². The summed E-state index contributed by atoms with van der Waals surface area (Å²) in [6.07, 6.45) is 4.70. The Labute approximate surface area is 114 Å². The molecule has 2 aromatic rings. The van der Waals surface area contributed by atoms with Gasteiger partial charge in [-0.25, -0.2) is 0 Å². The highest BCUT2D eigenvalue weighted by atomic mass is 15.3. The topological polar surface area (TPSA) is 34.0 Å². The highest BCUT2D eigenvalue weighted by molar-refractivity contribution is 5.95. The highest BCUT2D eigenvalue weighted by Gasteiger charge is 2.21. The molecular formula is C15H22N4. The number of fused-ring (bicyclic) bond motifs is 1. The molecule has 3 heterocycles. The minimum atomic E-state index is 0.836.